The number of carbonyl (C=O) groups is 1. The van der Waals surface area contributed by atoms with Crippen molar-refractivity contribution in [1.29, 1.82) is 0 Å². The number of fused-ring (bicyclic) bond motifs is 1. The van der Waals surface area contributed by atoms with Crippen LogP contribution in [0.4, 0.5) is 17.1 Å². The quantitative estimate of drug-likeness (QED) is 0.518. The van der Waals surface area contributed by atoms with Gasteiger partial charge < -0.3 is 10.6 Å². The Morgan fingerprint density at radius 3 is 2.23 bits per heavy atom. The highest BCUT2D eigenvalue weighted by Gasteiger charge is 2.29. The van der Waals surface area contributed by atoms with E-state index in [0.717, 1.165) is 11.3 Å². The number of rotatable bonds is 6. The van der Waals surface area contributed by atoms with Gasteiger partial charge in [-0.15, -0.1) is 0 Å². The molecule has 3 N–H and O–H groups in total. The van der Waals surface area contributed by atoms with Crippen LogP contribution in [0.3, 0.4) is 0 Å². The minimum atomic E-state index is -3.43. The fraction of sp³-hybridized carbons (Fsp3) is 0.0870. The first-order valence-electron chi connectivity index (χ1n) is 9.55. The predicted molar refractivity (Wildman–Crippen MR) is 121 cm³/mol. The fourth-order valence-corrected chi connectivity index (χ4v) is 3.91. The van der Waals surface area contributed by atoms with Crippen molar-refractivity contribution < 1.29 is 13.2 Å². The molecule has 152 valence electrons. The van der Waals surface area contributed by atoms with E-state index in [2.05, 4.69) is 15.4 Å². The smallest absolute Gasteiger partial charge is 0.258 e. The molecule has 0 fully saturated rings. The molecule has 0 unspecified atom stereocenters. The van der Waals surface area contributed by atoms with Gasteiger partial charge >= 0.3 is 0 Å². The zero-order chi connectivity index (χ0) is 21.1. The third-order valence-electron chi connectivity index (χ3n) is 4.77. The lowest BCUT2D eigenvalue weighted by Gasteiger charge is -2.15. The van der Waals surface area contributed by atoms with Gasteiger partial charge in [0.2, 0.25) is 10.0 Å². The summed E-state index contributed by atoms with van der Waals surface area (Å²) in [5.41, 5.74) is 4.48. The number of hydrogen-bond acceptors (Lipinski definition) is 4. The van der Waals surface area contributed by atoms with Crippen LogP contribution in [0.1, 0.15) is 18.1 Å². The van der Waals surface area contributed by atoms with Gasteiger partial charge in [-0.25, -0.2) is 8.42 Å². The largest absolute Gasteiger partial charge is 0.354 e. The van der Waals surface area contributed by atoms with E-state index in [4.69, 9.17) is 0 Å². The van der Waals surface area contributed by atoms with Crippen molar-refractivity contribution in [2.24, 2.45) is 0 Å². The van der Waals surface area contributed by atoms with E-state index in [1.165, 1.54) is 0 Å². The lowest BCUT2D eigenvalue weighted by molar-refractivity contribution is -0.110. The average molecular weight is 420 g/mol. The molecule has 0 spiro atoms. The Morgan fingerprint density at radius 2 is 1.57 bits per heavy atom. The highest BCUT2D eigenvalue weighted by molar-refractivity contribution is 7.92. The molecule has 3 aromatic carbocycles. The van der Waals surface area contributed by atoms with Crippen molar-refractivity contribution in [3.63, 3.8) is 0 Å². The Morgan fingerprint density at radius 1 is 0.900 bits per heavy atom. The Kier molecular flexibility index (Phi) is 5.29. The molecule has 0 saturated carbocycles. The molecule has 4 rings (SSSR count). The van der Waals surface area contributed by atoms with Gasteiger partial charge in [0.05, 0.1) is 17.0 Å². The number of anilines is 3. The lowest BCUT2D eigenvalue weighted by Crippen LogP contribution is -2.14. The Bertz CT molecular complexity index is 1220. The molecule has 0 saturated heterocycles. The second-order valence-electron chi connectivity index (χ2n) is 6.83. The molecule has 0 aliphatic carbocycles. The average Bonchev–Trinajstić information content (AvgIpc) is 3.08. The van der Waals surface area contributed by atoms with Crippen LogP contribution in [0.5, 0.6) is 0 Å². The number of hydrogen-bond donors (Lipinski definition) is 3. The number of carbonyl (C=O) groups excluding carboxylic acids is 1. The highest BCUT2D eigenvalue weighted by Crippen LogP contribution is 2.39. The summed E-state index contributed by atoms with van der Waals surface area (Å²) in [6, 6.07) is 24.2. The molecule has 1 aliphatic heterocycles. The molecule has 0 radical (unpaired) electrons. The molecule has 1 amide bonds. The monoisotopic (exact) mass is 419 g/mol. The van der Waals surface area contributed by atoms with Crippen LogP contribution in [-0.4, -0.2) is 20.1 Å². The number of para-hydroxylation sites is 1. The standard InChI is InChI=1S/C23H21N3O3S/c1-2-30(28,29)26-18-13-14-20-19(15-18)21(23(27)25-20)22(16-9-5-3-6-10-16)24-17-11-7-4-8-12-17/h3-15,24,26H,2H2,1H3,(H,25,27). The van der Waals surface area contributed by atoms with Crippen LogP contribution in [0.2, 0.25) is 0 Å². The maximum Gasteiger partial charge on any atom is 0.258 e. The third-order valence-corrected chi connectivity index (χ3v) is 6.08. The molecular formula is C23H21N3O3S. The summed E-state index contributed by atoms with van der Waals surface area (Å²) in [5.74, 6) is -0.280. The van der Waals surface area contributed by atoms with E-state index >= 15 is 0 Å². The van der Waals surface area contributed by atoms with E-state index in [1.807, 2.05) is 60.7 Å². The van der Waals surface area contributed by atoms with Crippen LogP contribution in [0.15, 0.2) is 78.9 Å². The van der Waals surface area contributed by atoms with Crippen LogP contribution in [0, 0.1) is 0 Å². The second-order valence-corrected chi connectivity index (χ2v) is 8.84. The molecule has 0 aromatic heterocycles. The van der Waals surface area contributed by atoms with Gasteiger partial charge in [-0.1, -0.05) is 48.5 Å². The van der Waals surface area contributed by atoms with Gasteiger partial charge in [0.1, 0.15) is 0 Å². The van der Waals surface area contributed by atoms with E-state index in [0.29, 0.717) is 28.2 Å². The van der Waals surface area contributed by atoms with Crippen molar-refractivity contribution in [1.82, 2.24) is 0 Å². The summed E-state index contributed by atoms with van der Waals surface area (Å²) in [7, 11) is -3.43. The van der Waals surface area contributed by atoms with Crippen LogP contribution in [0.25, 0.3) is 11.3 Å². The summed E-state index contributed by atoms with van der Waals surface area (Å²) >= 11 is 0. The van der Waals surface area contributed by atoms with E-state index in [9.17, 15) is 13.2 Å². The van der Waals surface area contributed by atoms with Crippen molar-refractivity contribution in [3.8, 4) is 0 Å². The number of nitrogens with one attached hydrogen (secondary N) is 3. The van der Waals surface area contributed by atoms with E-state index < -0.39 is 10.0 Å². The summed E-state index contributed by atoms with van der Waals surface area (Å²) in [6.45, 7) is 1.57. The minimum Gasteiger partial charge on any atom is -0.354 e. The number of sulfonamides is 1. The maximum atomic E-state index is 12.9. The Labute approximate surface area is 175 Å². The fourth-order valence-electron chi connectivity index (χ4n) is 3.28. The molecule has 0 bridgehead atoms. The molecule has 1 aliphatic rings. The molecule has 0 atom stereocenters. The zero-order valence-corrected chi connectivity index (χ0v) is 17.2. The van der Waals surface area contributed by atoms with Gasteiger partial charge in [-0.3, -0.25) is 9.52 Å². The lowest BCUT2D eigenvalue weighted by atomic mass is 9.99. The van der Waals surface area contributed by atoms with Crippen LogP contribution in [-0.2, 0) is 14.8 Å². The Balaban J connectivity index is 1.87. The van der Waals surface area contributed by atoms with Crippen molar-refractivity contribution in [3.05, 3.63) is 90.0 Å². The molecular weight excluding hydrogens is 398 g/mol. The molecule has 6 nitrogen and oxygen atoms in total. The molecule has 7 heteroatoms. The van der Waals surface area contributed by atoms with Crippen LogP contribution < -0.4 is 15.4 Å². The summed E-state index contributed by atoms with van der Waals surface area (Å²) in [5, 5.41) is 6.24. The van der Waals surface area contributed by atoms with Crippen LogP contribution >= 0.6 is 0 Å². The first kappa shape index (κ1) is 19.7. The molecule has 30 heavy (non-hydrogen) atoms. The highest BCUT2D eigenvalue weighted by atomic mass is 32.2. The second kappa shape index (κ2) is 8.04. The van der Waals surface area contributed by atoms with Gasteiger partial charge in [0, 0.05) is 22.6 Å². The Hall–Kier alpha value is -3.58. The SMILES string of the molecule is CCS(=O)(=O)Nc1ccc2c(c1)C(=C(Nc1ccccc1)c1ccccc1)C(=O)N2. The maximum absolute atomic E-state index is 12.9. The van der Waals surface area contributed by atoms with Gasteiger partial charge in [-0.2, -0.15) is 0 Å². The minimum absolute atomic E-state index is 0.0329. The molecule has 1 heterocycles. The first-order valence-corrected chi connectivity index (χ1v) is 11.2. The zero-order valence-electron chi connectivity index (χ0n) is 16.3. The molecule has 3 aromatic rings. The van der Waals surface area contributed by atoms with Gasteiger partial charge in [-0.05, 0) is 42.8 Å². The van der Waals surface area contributed by atoms with Gasteiger partial charge in [0.15, 0.2) is 0 Å². The van der Waals surface area contributed by atoms with Gasteiger partial charge in [0.25, 0.3) is 5.91 Å². The number of amides is 1. The van der Waals surface area contributed by atoms with Crippen molar-refractivity contribution in [2.75, 3.05) is 21.1 Å². The van der Waals surface area contributed by atoms with E-state index in [-0.39, 0.29) is 11.7 Å². The third kappa shape index (κ3) is 4.06. The van der Waals surface area contributed by atoms with Crippen molar-refractivity contribution in [2.45, 2.75) is 6.92 Å². The summed E-state index contributed by atoms with van der Waals surface area (Å²) in [6.07, 6.45) is 0. The number of benzene rings is 3. The normalized spacial score (nSPS) is 14.6. The van der Waals surface area contributed by atoms with E-state index in [1.54, 1.807) is 25.1 Å². The predicted octanol–water partition coefficient (Wildman–Crippen LogP) is 4.38. The topological polar surface area (TPSA) is 87.3 Å². The summed E-state index contributed by atoms with van der Waals surface area (Å²) in [4.78, 5) is 12.9. The first-order chi connectivity index (χ1) is 14.5. The summed E-state index contributed by atoms with van der Waals surface area (Å²) < 4.78 is 26.5. The van der Waals surface area contributed by atoms with Crippen molar-refractivity contribution >= 4 is 44.3 Å².